The number of likely N-dealkylation sites (tertiary alicyclic amines) is 1. The van der Waals surface area contributed by atoms with Gasteiger partial charge in [0.1, 0.15) is 0 Å². The van der Waals surface area contributed by atoms with Crippen LogP contribution in [0.4, 0.5) is 0 Å². The maximum absolute atomic E-state index is 12.1. The van der Waals surface area contributed by atoms with Gasteiger partial charge >= 0.3 is 5.97 Å². The first kappa shape index (κ1) is 14.3. The van der Waals surface area contributed by atoms with E-state index in [-0.39, 0.29) is 11.9 Å². The molecule has 0 spiro atoms. The number of rotatable bonds is 3. The molecule has 0 aromatic heterocycles. The molecule has 1 amide bonds. The molecule has 1 atom stereocenters. The number of esters is 1. The zero-order chi connectivity index (χ0) is 13.7. The molecule has 2 aliphatic rings. The summed E-state index contributed by atoms with van der Waals surface area (Å²) in [4.78, 5) is 27.5. The summed E-state index contributed by atoms with van der Waals surface area (Å²) in [5.74, 6) is -0.208. The van der Waals surface area contributed by atoms with E-state index < -0.39 is 6.10 Å². The van der Waals surface area contributed by atoms with Crippen LogP contribution in [0.5, 0.6) is 0 Å². The molecule has 2 aliphatic heterocycles. The van der Waals surface area contributed by atoms with E-state index in [9.17, 15) is 9.59 Å². The summed E-state index contributed by atoms with van der Waals surface area (Å²) in [6, 6.07) is 0. The van der Waals surface area contributed by atoms with Gasteiger partial charge in [-0.25, -0.2) is 4.79 Å². The average molecular weight is 270 g/mol. The highest BCUT2D eigenvalue weighted by Gasteiger charge is 2.29. The van der Waals surface area contributed by atoms with E-state index in [1.165, 1.54) is 13.5 Å². The van der Waals surface area contributed by atoms with Gasteiger partial charge in [-0.1, -0.05) is 0 Å². The molecule has 2 saturated heterocycles. The lowest BCUT2D eigenvalue weighted by molar-refractivity contribution is -0.161. The van der Waals surface area contributed by atoms with Gasteiger partial charge in [-0.2, -0.15) is 0 Å². The minimum absolute atomic E-state index is 0.158. The minimum Gasteiger partial charge on any atom is -0.467 e. The molecule has 19 heavy (non-hydrogen) atoms. The molecule has 0 radical (unpaired) electrons. The van der Waals surface area contributed by atoms with Crippen molar-refractivity contribution >= 4 is 11.9 Å². The second kappa shape index (κ2) is 6.86. The van der Waals surface area contributed by atoms with E-state index in [4.69, 9.17) is 4.74 Å². The van der Waals surface area contributed by atoms with Crippen LogP contribution in [0.15, 0.2) is 0 Å². The van der Waals surface area contributed by atoms with Gasteiger partial charge in [0.25, 0.3) is 0 Å². The Morgan fingerprint density at radius 1 is 1.21 bits per heavy atom. The summed E-state index contributed by atoms with van der Waals surface area (Å²) >= 11 is 0. The Hall–Kier alpha value is -1.14. The second-order valence-electron chi connectivity index (χ2n) is 5.06. The number of amides is 1. The van der Waals surface area contributed by atoms with Crippen LogP contribution in [0.3, 0.4) is 0 Å². The smallest absolute Gasteiger partial charge is 0.336 e. The predicted molar refractivity (Wildman–Crippen MR) is 68.6 cm³/mol. The van der Waals surface area contributed by atoms with Gasteiger partial charge in [0.15, 0.2) is 6.10 Å². The Morgan fingerprint density at radius 3 is 2.63 bits per heavy atom. The highest BCUT2D eigenvalue weighted by Crippen LogP contribution is 2.11. The first-order valence-corrected chi connectivity index (χ1v) is 6.90. The molecule has 108 valence electrons. The third kappa shape index (κ3) is 3.91. The fourth-order valence-electron chi connectivity index (χ4n) is 2.55. The van der Waals surface area contributed by atoms with Crippen molar-refractivity contribution in [1.82, 2.24) is 9.80 Å². The highest BCUT2D eigenvalue weighted by atomic mass is 16.6. The van der Waals surface area contributed by atoms with Crippen molar-refractivity contribution in [3.63, 3.8) is 0 Å². The minimum atomic E-state index is -0.562. The highest BCUT2D eigenvalue weighted by molar-refractivity contribution is 5.79. The van der Waals surface area contributed by atoms with Gasteiger partial charge in [-0.3, -0.25) is 9.69 Å². The largest absolute Gasteiger partial charge is 0.467 e. The summed E-state index contributed by atoms with van der Waals surface area (Å²) in [6.45, 7) is 3.69. The molecule has 2 fully saturated rings. The zero-order valence-electron chi connectivity index (χ0n) is 11.5. The van der Waals surface area contributed by atoms with Crippen molar-refractivity contribution in [2.45, 2.75) is 25.4 Å². The molecule has 0 aromatic carbocycles. The Kier molecular flexibility index (Phi) is 5.15. The van der Waals surface area contributed by atoms with Gasteiger partial charge in [0.2, 0.25) is 5.91 Å². The van der Waals surface area contributed by atoms with Crippen LogP contribution in [0.1, 0.15) is 19.3 Å². The average Bonchev–Trinajstić information content (AvgIpc) is 2.47. The number of hydrogen-bond donors (Lipinski definition) is 0. The Labute approximate surface area is 113 Å². The van der Waals surface area contributed by atoms with Crippen LogP contribution in [0, 0.1) is 0 Å². The molecule has 2 heterocycles. The number of piperidine rings is 1. The fraction of sp³-hybridized carbons (Fsp3) is 0.846. The van der Waals surface area contributed by atoms with Gasteiger partial charge in [0, 0.05) is 26.2 Å². The SMILES string of the molecule is COC(=O)C1CN(CC(=O)N2CCCCC2)CCO1. The van der Waals surface area contributed by atoms with Crippen LogP contribution < -0.4 is 0 Å². The second-order valence-corrected chi connectivity index (χ2v) is 5.06. The Morgan fingerprint density at radius 2 is 1.95 bits per heavy atom. The number of nitrogens with zero attached hydrogens (tertiary/aromatic N) is 2. The van der Waals surface area contributed by atoms with Crippen molar-refractivity contribution < 1.29 is 19.1 Å². The lowest BCUT2D eigenvalue weighted by Gasteiger charge is -2.33. The van der Waals surface area contributed by atoms with E-state index in [1.807, 2.05) is 9.80 Å². The van der Waals surface area contributed by atoms with E-state index in [2.05, 4.69) is 4.74 Å². The quantitative estimate of drug-likeness (QED) is 0.669. The molecule has 6 heteroatoms. The molecule has 0 aliphatic carbocycles. The molecule has 1 unspecified atom stereocenters. The number of hydrogen-bond acceptors (Lipinski definition) is 5. The van der Waals surface area contributed by atoms with Gasteiger partial charge in [-0.05, 0) is 19.3 Å². The number of ether oxygens (including phenoxy) is 2. The monoisotopic (exact) mass is 270 g/mol. The lowest BCUT2D eigenvalue weighted by Crippen LogP contribution is -2.50. The van der Waals surface area contributed by atoms with E-state index in [0.717, 1.165) is 25.9 Å². The molecule has 2 rings (SSSR count). The topological polar surface area (TPSA) is 59.1 Å². The van der Waals surface area contributed by atoms with Gasteiger partial charge in [-0.15, -0.1) is 0 Å². The number of carbonyl (C=O) groups is 2. The van der Waals surface area contributed by atoms with Crippen LogP contribution in [0.25, 0.3) is 0 Å². The van der Waals surface area contributed by atoms with Crippen molar-refractivity contribution in [1.29, 1.82) is 0 Å². The maximum Gasteiger partial charge on any atom is 0.336 e. The molecule has 0 bridgehead atoms. The van der Waals surface area contributed by atoms with Crippen molar-refractivity contribution in [3.8, 4) is 0 Å². The summed E-state index contributed by atoms with van der Waals surface area (Å²) < 4.78 is 10.0. The third-order valence-electron chi connectivity index (χ3n) is 3.68. The Bertz CT molecular complexity index is 329. The van der Waals surface area contributed by atoms with Gasteiger partial charge in [0.05, 0.1) is 20.3 Å². The lowest BCUT2D eigenvalue weighted by atomic mass is 10.1. The van der Waals surface area contributed by atoms with Crippen LogP contribution in [-0.4, -0.2) is 74.2 Å². The molecular weight excluding hydrogens is 248 g/mol. The molecule has 0 saturated carbocycles. The first-order chi connectivity index (χ1) is 9.20. The number of carbonyl (C=O) groups excluding carboxylic acids is 2. The summed E-state index contributed by atoms with van der Waals surface area (Å²) in [5, 5.41) is 0. The number of morpholine rings is 1. The zero-order valence-corrected chi connectivity index (χ0v) is 11.5. The summed E-state index contributed by atoms with van der Waals surface area (Å²) in [6.07, 6.45) is 2.85. The predicted octanol–water partition coefficient (Wildman–Crippen LogP) is -0.127. The fourth-order valence-corrected chi connectivity index (χ4v) is 2.55. The van der Waals surface area contributed by atoms with E-state index in [0.29, 0.717) is 26.2 Å². The van der Waals surface area contributed by atoms with E-state index >= 15 is 0 Å². The van der Waals surface area contributed by atoms with Crippen molar-refractivity contribution in [2.24, 2.45) is 0 Å². The van der Waals surface area contributed by atoms with Crippen molar-refractivity contribution in [2.75, 3.05) is 46.4 Å². The molecule has 0 aromatic rings. The number of methoxy groups -OCH3 is 1. The van der Waals surface area contributed by atoms with Gasteiger partial charge < -0.3 is 14.4 Å². The van der Waals surface area contributed by atoms with Crippen molar-refractivity contribution in [3.05, 3.63) is 0 Å². The maximum atomic E-state index is 12.1. The van der Waals surface area contributed by atoms with Crippen LogP contribution >= 0.6 is 0 Å². The third-order valence-corrected chi connectivity index (χ3v) is 3.68. The molecular formula is C13H22N2O4. The normalized spacial score (nSPS) is 25.1. The summed E-state index contributed by atoms with van der Waals surface area (Å²) in [7, 11) is 1.35. The van der Waals surface area contributed by atoms with E-state index in [1.54, 1.807) is 0 Å². The molecule has 6 nitrogen and oxygen atoms in total. The standard InChI is InChI=1S/C13H22N2O4/c1-18-13(17)11-9-14(7-8-19-11)10-12(16)15-5-3-2-4-6-15/h11H,2-10H2,1H3. The summed E-state index contributed by atoms with van der Waals surface area (Å²) in [5.41, 5.74) is 0. The Balaban J connectivity index is 1.81. The first-order valence-electron chi connectivity index (χ1n) is 6.90. The molecule has 0 N–H and O–H groups in total. The van der Waals surface area contributed by atoms with Crippen LogP contribution in [0.2, 0.25) is 0 Å². The van der Waals surface area contributed by atoms with Crippen LogP contribution in [-0.2, 0) is 19.1 Å².